The molecule has 0 saturated carbocycles. The van der Waals surface area contributed by atoms with E-state index in [0.29, 0.717) is 23.3 Å². The third kappa shape index (κ3) is 3.90. The van der Waals surface area contributed by atoms with Crippen molar-refractivity contribution in [2.24, 2.45) is 13.0 Å². The molecule has 0 aliphatic carbocycles. The summed E-state index contributed by atoms with van der Waals surface area (Å²) in [5, 5.41) is 7.55. The maximum Gasteiger partial charge on any atom is 0.269 e. The van der Waals surface area contributed by atoms with Crippen molar-refractivity contribution in [3.8, 4) is 11.3 Å². The van der Waals surface area contributed by atoms with E-state index in [-0.39, 0.29) is 11.7 Å². The van der Waals surface area contributed by atoms with E-state index in [1.54, 1.807) is 29.9 Å². The number of rotatable bonds is 4. The molecule has 3 heterocycles. The summed E-state index contributed by atoms with van der Waals surface area (Å²) in [5.41, 5.74) is 2.01. The standard InChI is InChI=1S/C21H27FN4O/c1-25-20(13-18(24-25)15-7-9-17(22)10-8-15)21(27)23-14-16-5-4-12-26-11-3-2-6-19(16)26/h7-10,13,16,19H,2-6,11-12,14H2,1H3,(H,23,27)/t16-,19+/m1/s1. The number of hydrogen-bond donors (Lipinski definition) is 1. The number of amides is 1. The van der Waals surface area contributed by atoms with Crippen LogP contribution in [-0.2, 0) is 7.05 Å². The molecule has 2 saturated heterocycles. The van der Waals surface area contributed by atoms with Crippen LogP contribution in [0.25, 0.3) is 11.3 Å². The van der Waals surface area contributed by atoms with Gasteiger partial charge in [-0.15, -0.1) is 0 Å². The summed E-state index contributed by atoms with van der Waals surface area (Å²) in [6, 6.07) is 8.56. The highest BCUT2D eigenvalue weighted by Gasteiger charge is 2.33. The number of nitrogens with one attached hydrogen (secondary N) is 1. The lowest BCUT2D eigenvalue weighted by atomic mass is 9.83. The Hall–Kier alpha value is -2.21. The molecule has 1 aromatic heterocycles. The Labute approximate surface area is 159 Å². The molecule has 1 amide bonds. The van der Waals surface area contributed by atoms with E-state index >= 15 is 0 Å². The molecular formula is C21H27FN4O. The number of nitrogens with zero attached hydrogens (tertiary/aromatic N) is 3. The molecule has 2 fully saturated rings. The fraction of sp³-hybridized carbons (Fsp3) is 0.524. The predicted molar refractivity (Wildman–Crippen MR) is 103 cm³/mol. The van der Waals surface area contributed by atoms with Gasteiger partial charge in [0.1, 0.15) is 11.5 Å². The Balaban J connectivity index is 1.42. The van der Waals surface area contributed by atoms with Crippen LogP contribution in [0, 0.1) is 11.7 Å². The molecule has 1 N–H and O–H groups in total. The summed E-state index contributed by atoms with van der Waals surface area (Å²) < 4.78 is 14.7. The first kappa shape index (κ1) is 18.2. The number of aromatic nitrogens is 2. The van der Waals surface area contributed by atoms with Gasteiger partial charge in [0.05, 0.1) is 5.69 Å². The highest BCUT2D eigenvalue weighted by atomic mass is 19.1. The van der Waals surface area contributed by atoms with Gasteiger partial charge in [0.2, 0.25) is 0 Å². The fourth-order valence-electron chi connectivity index (χ4n) is 4.57. The molecule has 2 atom stereocenters. The van der Waals surface area contributed by atoms with Gasteiger partial charge in [0.25, 0.3) is 5.91 Å². The Morgan fingerprint density at radius 1 is 1.19 bits per heavy atom. The van der Waals surface area contributed by atoms with Gasteiger partial charge in [-0.1, -0.05) is 6.42 Å². The molecule has 2 aliphatic rings. The smallest absolute Gasteiger partial charge is 0.269 e. The Morgan fingerprint density at radius 2 is 1.96 bits per heavy atom. The second kappa shape index (κ2) is 7.80. The van der Waals surface area contributed by atoms with Gasteiger partial charge in [-0.3, -0.25) is 9.48 Å². The summed E-state index contributed by atoms with van der Waals surface area (Å²) in [6.45, 7) is 3.13. The van der Waals surface area contributed by atoms with Crippen molar-refractivity contribution in [1.82, 2.24) is 20.0 Å². The number of hydrogen-bond acceptors (Lipinski definition) is 3. The van der Waals surface area contributed by atoms with Gasteiger partial charge in [-0.25, -0.2) is 4.39 Å². The van der Waals surface area contributed by atoms with E-state index < -0.39 is 0 Å². The lowest BCUT2D eigenvalue weighted by molar-refractivity contribution is 0.0574. The van der Waals surface area contributed by atoms with Crippen molar-refractivity contribution >= 4 is 5.91 Å². The van der Waals surface area contributed by atoms with Crippen LogP contribution in [0.15, 0.2) is 30.3 Å². The van der Waals surface area contributed by atoms with Crippen LogP contribution in [0.3, 0.4) is 0 Å². The van der Waals surface area contributed by atoms with E-state index in [2.05, 4.69) is 15.3 Å². The van der Waals surface area contributed by atoms with Crippen LogP contribution in [-0.4, -0.2) is 46.3 Å². The van der Waals surface area contributed by atoms with Gasteiger partial charge in [-0.05, 0) is 75.0 Å². The molecule has 2 aromatic rings. The topological polar surface area (TPSA) is 50.2 Å². The van der Waals surface area contributed by atoms with Gasteiger partial charge in [0, 0.05) is 25.2 Å². The minimum atomic E-state index is -0.281. The van der Waals surface area contributed by atoms with Crippen LogP contribution in [0.4, 0.5) is 4.39 Å². The minimum Gasteiger partial charge on any atom is -0.350 e. The maximum atomic E-state index is 13.1. The number of piperidine rings is 2. The van der Waals surface area contributed by atoms with Crippen LogP contribution < -0.4 is 5.32 Å². The zero-order chi connectivity index (χ0) is 18.8. The molecular weight excluding hydrogens is 343 g/mol. The first-order chi connectivity index (χ1) is 13.1. The second-order valence-corrected chi connectivity index (χ2v) is 7.76. The Bertz CT molecular complexity index is 799. The van der Waals surface area contributed by atoms with Crippen molar-refractivity contribution in [3.05, 3.63) is 41.8 Å². The maximum absolute atomic E-state index is 13.1. The minimum absolute atomic E-state index is 0.0914. The van der Waals surface area contributed by atoms with E-state index in [1.165, 1.54) is 57.3 Å². The number of aryl methyl sites for hydroxylation is 1. The molecule has 4 rings (SSSR count). The van der Waals surface area contributed by atoms with Gasteiger partial charge in [0.15, 0.2) is 0 Å². The summed E-state index contributed by atoms with van der Waals surface area (Å²) in [4.78, 5) is 15.3. The normalized spacial score (nSPS) is 23.0. The third-order valence-electron chi connectivity index (χ3n) is 6.01. The summed E-state index contributed by atoms with van der Waals surface area (Å²) in [6.07, 6.45) is 6.26. The zero-order valence-electron chi connectivity index (χ0n) is 15.8. The average molecular weight is 370 g/mol. The fourth-order valence-corrected chi connectivity index (χ4v) is 4.57. The molecule has 0 bridgehead atoms. The highest BCUT2D eigenvalue weighted by molar-refractivity contribution is 5.93. The number of carbonyl (C=O) groups excluding carboxylic acids is 1. The molecule has 0 radical (unpaired) electrons. The molecule has 0 unspecified atom stereocenters. The first-order valence-corrected chi connectivity index (χ1v) is 9.94. The van der Waals surface area contributed by atoms with Crippen molar-refractivity contribution in [2.45, 2.75) is 38.1 Å². The molecule has 1 aromatic carbocycles. The van der Waals surface area contributed by atoms with Gasteiger partial charge < -0.3 is 10.2 Å². The molecule has 27 heavy (non-hydrogen) atoms. The summed E-state index contributed by atoms with van der Waals surface area (Å²) in [5.74, 6) is 0.163. The van der Waals surface area contributed by atoms with Crippen molar-refractivity contribution in [2.75, 3.05) is 19.6 Å². The number of fused-ring (bicyclic) bond motifs is 1. The largest absolute Gasteiger partial charge is 0.350 e. The molecule has 144 valence electrons. The second-order valence-electron chi connectivity index (χ2n) is 7.76. The monoisotopic (exact) mass is 370 g/mol. The van der Waals surface area contributed by atoms with Gasteiger partial charge >= 0.3 is 0 Å². The number of benzene rings is 1. The van der Waals surface area contributed by atoms with Crippen LogP contribution in [0.1, 0.15) is 42.6 Å². The first-order valence-electron chi connectivity index (χ1n) is 9.94. The van der Waals surface area contributed by atoms with E-state index in [4.69, 9.17) is 0 Å². The molecule has 6 heteroatoms. The molecule has 5 nitrogen and oxygen atoms in total. The highest BCUT2D eigenvalue weighted by Crippen LogP contribution is 2.30. The Morgan fingerprint density at radius 3 is 2.78 bits per heavy atom. The third-order valence-corrected chi connectivity index (χ3v) is 6.01. The predicted octanol–water partition coefficient (Wildman–Crippen LogP) is 3.22. The summed E-state index contributed by atoms with van der Waals surface area (Å²) in [7, 11) is 1.77. The average Bonchev–Trinajstić information content (AvgIpc) is 3.08. The van der Waals surface area contributed by atoms with Crippen LogP contribution >= 0.6 is 0 Å². The van der Waals surface area contributed by atoms with E-state index in [1.807, 2.05) is 0 Å². The SMILES string of the molecule is Cn1nc(-c2ccc(F)cc2)cc1C(=O)NC[C@H]1CCCN2CCCC[C@@H]12. The Kier molecular flexibility index (Phi) is 5.25. The van der Waals surface area contributed by atoms with Crippen LogP contribution in [0.2, 0.25) is 0 Å². The molecule has 0 spiro atoms. The van der Waals surface area contributed by atoms with Gasteiger partial charge in [-0.2, -0.15) is 5.10 Å². The summed E-state index contributed by atoms with van der Waals surface area (Å²) >= 11 is 0. The van der Waals surface area contributed by atoms with Crippen molar-refractivity contribution < 1.29 is 9.18 Å². The number of halogens is 1. The lowest BCUT2D eigenvalue weighted by Gasteiger charge is -2.44. The van der Waals surface area contributed by atoms with E-state index in [0.717, 1.165) is 12.1 Å². The number of carbonyl (C=O) groups is 1. The quantitative estimate of drug-likeness (QED) is 0.899. The van der Waals surface area contributed by atoms with Crippen molar-refractivity contribution in [3.63, 3.8) is 0 Å². The molecule has 2 aliphatic heterocycles. The van der Waals surface area contributed by atoms with Crippen LogP contribution in [0.5, 0.6) is 0 Å². The van der Waals surface area contributed by atoms with Crippen molar-refractivity contribution in [1.29, 1.82) is 0 Å². The van der Waals surface area contributed by atoms with E-state index in [9.17, 15) is 9.18 Å². The lowest BCUT2D eigenvalue weighted by Crippen LogP contribution is -2.51. The zero-order valence-corrected chi connectivity index (χ0v) is 15.8.